The van der Waals surface area contributed by atoms with Crippen molar-refractivity contribution in [3.05, 3.63) is 0 Å². The third kappa shape index (κ3) is 16.4. The lowest BCUT2D eigenvalue weighted by atomic mass is 9.96. The van der Waals surface area contributed by atoms with E-state index in [1.807, 2.05) is 0 Å². The van der Waals surface area contributed by atoms with Crippen LogP contribution in [0.3, 0.4) is 0 Å². The number of hydrogen-bond acceptors (Lipinski definition) is 17. The summed E-state index contributed by atoms with van der Waals surface area (Å²) < 4.78 is 16.7. The van der Waals surface area contributed by atoms with Gasteiger partial charge in [-0.25, -0.2) is 19.2 Å². The highest BCUT2D eigenvalue weighted by molar-refractivity contribution is 5.94. The van der Waals surface area contributed by atoms with Gasteiger partial charge >= 0.3 is 53.7 Å². The number of aliphatic hydroxyl groups excluding tert-OH is 2. The van der Waals surface area contributed by atoms with Crippen LogP contribution in [-0.2, 0) is 62.1 Å². The molecule has 0 saturated heterocycles. The van der Waals surface area contributed by atoms with E-state index in [0.29, 0.717) is 0 Å². The molecule has 0 rings (SSSR count). The van der Waals surface area contributed by atoms with Crippen molar-refractivity contribution in [3.8, 4) is 0 Å². The van der Waals surface area contributed by atoms with Gasteiger partial charge in [-0.05, 0) is 19.9 Å². The second kappa shape index (κ2) is 18.9. The second-order valence-electron chi connectivity index (χ2n) is 7.86. The van der Waals surface area contributed by atoms with Gasteiger partial charge in [0.05, 0.1) is 12.8 Å². The minimum Gasteiger partial charge on any atom is -0.479 e. The number of hydrogen-bond donors (Lipinski definition) is 6. The van der Waals surface area contributed by atoms with Crippen LogP contribution in [0.25, 0.3) is 0 Å². The lowest BCUT2D eigenvalue weighted by Crippen LogP contribution is -2.45. The molecule has 0 bridgehead atoms. The SMILES string of the molecule is CC(O)C(=O)OC(=O)C(O)C(OC(=O)CCCN)C(=O)O.CCC(=O)OC(=O)CC(O)(CC(=O)OC(C)=O)C(=O)O. The normalized spacial score (nSPS) is 13.8. The number of carbonyl (C=O) groups is 9. The van der Waals surface area contributed by atoms with Crippen LogP contribution in [0.1, 0.15) is 52.9 Å². The molecule has 19 nitrogen and oxygen atoms in total. The number of carboxylic acids is 2. The van der Waals surface area contributed by atoms with Crippen molar-refractivity contribution >= 4 is 53.7 Å². The number of ether oxygens (including phenoxy) is 4. The lowest BCUT2D eigenvalue weighted by molar-refractivity contribution is -0.185. The molecule has 0 spiro atoms. The zero-order valence-corrected chi connectivity index (χ0v) is 22.1. The van der Waals surface area contributed by atoms with Gasteiger partial charge in [0.25, 0.3) is 0 Å². The maximum atomic E-state index is 11.3. The van der Waals surface area contributed by atoms with Crippen molar-refractivity contribution in [2.75, 3.05) is 6.54 Å². The summed E-state index contributed by atoms with van der Waals surface area (Å²) in [6.07, 6.45) is -8.66. The van der Waals surface area contributed by atoms with Crippen molar-refractivity contribution in [3.63, 3.8) is 0 Å². The first-order chi connectivity index (χ1) is 18.8. The Labute approximate surface area is 231 Å². The van der Waals surface area contributed by atoms with Crippen LogP contribution >= 0.6 is 0 Å². The Hall–Kier alpha value is -4.33. The van der Waals surface area contributed by atoms with Crippen LogP contribution in [0.15, 0.2) is 0 Å². The summed E-state index contributed by atoms with van der Waals surface area (Å²) in [5.41, 5.74) is 2.33. The van der Waals surface area contributed by atoms with Gasteiger partial charge in [0.15, 0.2) is 5.60 Å². The van der Waals surface area contributed by atoms with Crippen molar-refractivity contribution < 1.29 is 87.6 Å². The van der Waals surface area contributed by atoms with E-state index in [2.05, 4.69) is 18.9 Å². The van der Waals surface area contributed by atoms with E-state index in [9.17, 15) is 53.4 Å². The first-order valence-electron chi connectivity index (χ1n) is 11.5. The smallest absolute Gasteiger partial charge is 0.348 e. The van der Waals surface area contributed by atoms with E-state index in [1.165, 1.54) is 6.92 Å². The van der Waals surface area contributed by atoms with Crippen LogP contribution in [0.4, 0.5) is 0 Å². The minimum atomic E-state index is -2.82. The predicted molar refractivity (Wildman–Crippen MR) is 125 cm³/mol. The molecule has 0 heterocycles. The maximum Gasteiger partial charge on any atom is 0.348 e. The highest BCUT2D eigenvalue weighted by Crippen LogP contribution is 2.18. The number of aliphatic hydroxyl groups is 3. The van der Waals surface area contributed by atoms with Crippen molar-refractivity contribution in [2.45, 2.75) is 76.8 Å². The molecule has 0 radical (unpaired) electrons. The van der Waals surface area contributed by atoms with Crippen LogP contribution in [0.2, 0.25) is 0 Å². The molecule has 0 amide bonds. The Morgan fingerprint density at radius 2 is 1.32 bits per heavy atom. The average molecular weight is 597 g/mol. The van der Waals surface area contributed by atoms with E-state index < -0.39 is 90.5 Å². The highest BCUT2D eigenvalue weighted by Gasteiger charge is 2.42. The zero-order chi connectivity index (χ0) is 32.5. The van der Waals surface area contributed by atoms with Gasteiger partial charge in [-0.15, -0.1) is 0 Å². The Bertz CT molecular complexity index is 1000. The number of nitrogens with two attached hydrogens (primary N) is 1. The summed E-state index contributed by atoms with van der Waals surface area (Å²) in [5, 5.41) is 45.6. The fraction of sp³-hybridized carbons (Fsp3) is 0.591. The van der Waals surface area contributed by atoms with E-state index in [1.54, 1.807) is 0 Å². The molecule has 0 fully saturated rings. The molecule has 4 atom stereocenters. The summed E-state index contributed by atoms with van der Waals surface area (Å²) in [4.78, 5) is 99.0. The van der Waals surface area contributed by atoms with E-state index in [0.717, 1.165) is 13.8 Å². The van der Waals surface area contributed by atoms with Crippen LogP contribution < -0.4 is 5.73 Å². The van der Waals surface area contributed by atoms with Crippen LogP contribution in [-0.4, -0.2) is 110 Å². The van der Waals surface area contributed by atoms with Gasteiger partial charge in [-0.3, -0.25) is 24.0 Å². The van der Waals surface area contributed by atoms with Crippen molar-refractivity contribution in [1.29, 1.82) is 0 Å². The third-order valence-electron chi connectivity index (χ3n) is 4.20. The molecule has 0 aliphatic heterocycles. The fourth-order valence-corrected chi connectivity index (χ4v) is 2.19. The van der Waals surface area contributed by atoms with Gasteiger partial charge < -0.3 is 50.2 Å². The Morgan fingerprint density at radius 3 is 1.71 bits per heavy atom. The van der Waals surface area contributed by atoms with Gasteiger partial charge in [0.2, 0.25) is 12.2 Å². The monoisotopic (exact) mass is 597 g/mol. The standard InChI is InChI=1S/C11H17NO9.C11H14O9/c1-5(13)10(18)21-11(19)7(15)8(9(16)17)20-6(14)3-2-4-12;1-3-7(13)20-9(15)5-11(18,10(16)17)4-8(14)19-6(2)12/h5,7-8,13,15H,2-4,12H2,1H3,(H,16,17);18H,3-5H2,1-2H3,(H,16,17). The second-order valence-corrected chi connectivity index (χ2v) is 7.86. The van der Waals surface area contributed by atoms with Crippen molar-refractivity contribution in [1.82, 2.24) is 0 Å². The number of carbonyl (C=O) groups excluding carboxylic acids is 7. The molecule has 0 aromatic heterocycles. The number of carboxylic acid groups (broad SMARTS) is 2. The zero-order valence-electron chi connectivity index (χ0n) is 22.1. The van der Waals surface area contributed by atoms with E-state index in [-0.39, 0.29) is 25.8 Å². The number of aliphatic carboxylic acids is 2. The summed E-state index contributed by atoms with van der Waals surface area (Å²) >= 11 is 0. The summed E-state index contributed by atoms with van der Waals surface area (Å²) in [6, 6.07) is 0. The van der Waals surface area contributed by atoms with E-state index in [4.69, 9.17) is 21.1 Å². The summed E-state index contributed by atoms with van der Waals surface area (Å²) in [7, 11) is 0. The summed E-state index contributed by atoms with van der Waals surface area (Å²) in [5.74, 6) is -12.2. The molecular formula is C22H31NO18. The molecule has 0 saturated carbocycles. The molecule has 232 valence electrons. The van der Waals surface area contributed by atoms with Gasteiger partial charge in [0.1, 0.15) is 6.10 Å². The number of rotatable bonds is 14. The minimum absolute atomic E-state index is 0.121. The molecule has 4 unspecified atom stereocenters. The third-order valence-corrected chi connectivity index (χ3v) is 4.20. The maximum absolute atomic E-state index is 11.3. The summed E-state index contributed by atoms with van der Waals surface area (Å²) in [6.45, 7) is 3.49. The first-order valence-corrected chi connectivity index (χ1v) is 11.5. The fourth-order valence-electron chi connectivity index (χ4n) is 2.19. The first kappa shape index (κ1) is 38.8. The Balaban J connectivity index is 0. The van der Waals surface area contributed by atoms with Gasteiger partial charge in [-0.1, -0.05) is 6.92 Å². The van der Waals surface area contributed by atoms with E-state index >= 15 is 0 Å². The van der Waals surface area contributed by atoms with Gasteiger partial charge in [-0.2, -0.15) is 0 Å². The number of esters is 7. The Morgan fingerprint density at radius 1 is 0.805 bits per heavy atom. The predicted octanol–water partition coefficient (Wildman–Crippen LogP) is -3.31. The topological polar surface area (TPSA) is 318 Å². The molecule has 0 aliphatic carbocycles. The molecule has 41 heavy (non-hydrogen) atoms. The molecular weight excluding hydrogens is 566 g/mol. The molecule has 19 heteroatoms. The molecule has 7 N–H and O–H groups in total. The molecule has 0 aromatic rings. The quantitative estimate of drug-likeness (QED) is 0.0648. The highest BCUT2D eigenvalue weighted by atomic mass is 16.6. The lowest BCUT2D eigenvalue weighted by Gasteiger charge is -2.20. The Kier molecular flexibility index (Phi) is 17.9. The largest absolute Gasteiger partial charge is 0.479 e. The van der Waals surface area contributed by atoms with Gasteiger partial charge in [0, 0.05) is 19.8 Å². The van der Waals surface area contributed by atoms with Crippen LogP contribution in [0.5, 0.6) is 0 Å². The average Bonchev–Trinajstić information content (AvgIpc) is 2.84. The van der Waals surface area contributed by atoms with Crippen LogP contribution in [0, 0.1) is 0 Å². The van der Waals surface area contributed by atoms with Crippen molar-refractivity contribution in [2.24, 2.45) is 5.73 Å². The molecule has 0 aliphatic rings. The molecule has 0 aromatic carbocycles.